The molecule has 1 aromatic heterocycles. The Morgan fingerprint density at radius 1 is 1.30 bits per heavy atom. The number of ether oxygens (including phenoxy) is 1. The van der Waals surface area contributed by atoms with E-state index in [4.69, 9.17) is 0 Å². The van der Waals surface area contributed by atoms with Gasteiger partial charge in [-0.25, -0.2) is 9.18 Å². The van der Waals surface area contributed by atoms with Crippen molar-refractivity contribution in [2.75, 3.05) is 12.4 Å². The minimum Gasteiger partial charge on any atom is -0.465 e. The van der Waals surface area contributed by atoms with E-state index in [9.17, 15) is 9.18 Å². The fourth-order valence-corrected chi connectivity index (χ4v) is 1.82. The molecule has 5 heteroatoms. The molecule has 0 aliphatic rings. The van der Waals surface area contributed by atoms with Crippen molar-refractivity contribution in [1.82, 2.24) is 4.98 Å². The summed E-state index contributed by atoms with van der Waals surface area (Å²) in [5, 5.41) is 3.21. The van der Waals surface area contributed by atoms with Crippen molar-refractivity contribution in [1.29, 1.82) is 0 Å². The molecule has 1 atom stereocenters. The van der Waals surface area contributed by atoms with Gasteiger partial charge in [0, 0.05) is 11.9 Å². The molecule has 0 bridgehead atoms. The van der Waals surface area contributed by atoms with Crippen LogP contribution in [0.5, 0.6) is 0 Å². The smallest absolute Gasteiger partial charge is 0.337 e. The third-order valence-corrected chi connectivity index (χ3v) is 2.92. The lowest BCUT2D eigenvalue weighted by Gasteiger charge is -2.15. The van der Waals surface area contributed by atoms with Crippen molar-refractivity contribution in [2.45, 2.75) is 13.0 Å². The molecule has 0 saturated carbocycles. The van der Waals surface area contributed by atoms with Crippen LogP contribution in [-0.2, 0) is 4.74 Å². The molecule has 1 N–H and O–H groups in total. The van der Waals surface area contributed by atoms with Crippen LogP contribution in [0.4, 0.5) is 10.1 Å². The molecule has 20 heavy (non-hydrogen) atoms. The van der Waals surface area contributed by atoms with Crippen LogP contribution in [0.3, 0.4) is 0 Å². The highest BCUT2D eigenvalue weighted by atomic mass is 19.1. The van der Waals surface area contributed by atoms with E-state index in [0.29, 0.717) is 5.56 Å². The van der Waals surface area contributed by atoms with E-state index in [0.717, 1.165) is 11.3 Å². The number of nitrogens with one attached hydrogen (secondary N) is 1. The molecular formula is C15H15FN2O2. The van der Waals surface area contributed by atoms with Gasteiger partial charge >= 0.3 is 5.97 Å². The van der Waals surface area contributed by atoms with E-state index < -0.39 is 0 Å². The first-order valence-corrected chi connectivity index (χ1v) is 6.15. The van der Waals surface area contributed by atoms with Crippen LogP contribution < -0.4 is 5.32 Å². The second-order valence-corrected chi connectivity index (χ2v) is 4.37. The Kier molecular flexibility index (Phi) is 4.30. The molecule has 0 amide bonds. The molecule has 0 aliphatic carbocycles. The van der Waals surface area contributed by atoms with Gasteiger partial charge in [0.25, 0.3) is 0 Å². The van der Waals surface area contributed by atoms with Gasteiger partial charge in [0.2, 0.25) is 0 Å². The van der Waals surface area contributed by atoms with Crippen LogP contribution in [0.25, 0.3) is 0 Å². The maximum atomic E-state index is 13.1. The predicted molar refractivity (Wildman–Crippen MR) is 74.0 cm³/mol. The van der Waals surface area contributed by atoms with Crippen molar-refractivity contribution >= 4 is 11.7 Å². The van der Waals surface area contributed by atoms with Gasteiger partial charge in [0.05, 0.1) is 24.9 Å². The van der Waals surface area contributed by atoms with E-state index in [2.05, 4.69) is 15.0 Å². The molecule has 0 spiro atoms. The maximum Gasteiger partial charge on any atom is 0.337 e. The highest BCUT2D eigenvalue weighted by Gasteiger charge is 2.08. The van der Waals surface area contributed by atoms with Gasteiger partial charge in [0.15, 0.2) is 0 Å². The molecule has 1 unspecified atom stereocenters. The lowest BCUT2D eigenvalue weighted by Crippen LogP contribution is -2.08. The molecule has 2 aromatic rings. The number of benzene rings is 1. The van der Waals surface area contributed by atoms with E-state index in [1.807, 2.05) is 6.92 Å². The molecule has 2 rings (SSSR count). The molecule has 0 saturated heterocycles. The first-order valence-electron chi connectivity index (χ1n) is 6.15. The molecule has 104 valence electrons. The average molecular weight is 274 g/mol. The van der Waals surface area contributed by atoms with Crippen LogP contribution in [0.15, 0.2) is 42.7 Å². The Labute approximate surface area is 116 Å². The Morgan fingerprint density at radius 2 is 2.00 bits per heavy atom. The molecular weight excluding hydrogens is 259 g/mol. The predicted octanol–water partition coefficient (Wildman–Crippen LogP) is 3.18. The maximum absolute atomic E-state index is 13.1. The number of carbonyl (C=O) groups excluding carboxylic acids is 1. The van der Waals surface area contributed by atoms with Crippen molar-refractivity contribution in [3.63, 3.8) is 0 Å². The second-order valence-electron chi connectivity index (χ2n) is 4.37. The summed E-state index contributed by atoms with van der Waals surface area (Å²) >= 11 is 0. The number of halogens is 1. The van der Waals surface area contributed by atoms with Crippen LogP contribution in [0, 0.1) is 5.82 Å². The van der Waals surface area contributed by atoms with Gasteiger partial charge in [-0.2, -0.15) is 0 Å². The van der Waals surface area contributed by atoms with Crippen molar-refractivity contribution < 1.29 is 13.9 Å². The Balaban J connectivity index is 2.08. The largest absolute Gasteiger partial charge is 0.465 e. The van der Waals surface area contributed by atoms with Crippen molar-refractivity contribution in [3.05, 3.63) is 59.7 Å². The number of hydrogen-bond donors (Lipinski definition) is 1. The molecule has 0 aliphatic heterocycles. The number of esters is 1. The van der Waals surface area contributed by atoms with Crippen LogP contribution in [0.1, 0.15) is 28.9 Å². The third kappa shape index (κ3) is 3.32. The van der Waals surface area contributed by atoms with Crippen LogP contribution >= 0.6 is 0 Å². The summed E-state index contributed by atoms with van der Waals surface area (Å²) in [6.07, 6.45) is 2.78. The van der Waals surface area contributed by atoms with Gasteiger partial charge in [0.1, 0.15) is 5.82 Å². The lowest BCUT2D eigenvalue weighted by molar-refractivity contribution is 0.0601. The van der Waals surface area contributed by atoms with E-state index in [1.54, 1.807) is 30.5 Å². The molecule has 0 radical (unpaired) electrons. The summed E-state index contributed by atoms with van der Waals surface area (Å²) < 4.78 is 17.7. The third-order valence-electron chi connectivity index (χ3n) is 2.92. The van der Waals surface area contributed by atoms with E-state index in [-0.39, 0.29) is 17.8 Å². The van der Waals surface area contributed by atoms with Crippen LogP contribution in [0.2, 0.25) is 0 Å². The van der Waals surface area contributed by atoms with Gasteiger partial charge in [-0.1, -0.05) is 0 Å². The van der Waals surface area contributed by atoms with Gasteiger partial charge in [-0.15, -0.1) is 0 Å². The lowest BCUT2D eigenvalue weighted by atomic mass is 10.1. The zero-order chi connectivity index (χ0) is 14.5. The molecule has 0 fully saturated rings. The minimum atomic E-state index is -0.376. The summed E-state index contributed by atoms with van der Waals surface area (Å²) in [6.45, 7) is 1.91. The van der Waals surface area contributed by atoms with E-state index >= 15 is 0 Å². The van der Waals surface area contributed by atoms with Crippen LogP contribution in [-0.4, -0.2) is 18.1 Å². The number of anilines is 1. The van der Waals surface area contributed by atoms with Gasteiger partial charge in [-0.3, -0.25) is 4.98 Å². The average Bonchev–Trinajstić information content (AvgIpc) is 2.47. The number of carbonyl (C=O) groups is 1. The Bertz CT molecular complexity index is 599. The number of nitrogens with zero attached hydrogens (tertiary/aromatic N) is 1. The molecule has 1 heterocycles. The summed E-state index contributed by atoms with van der Waals surface area (Å²) in [6, 6.07) is 8.23. The number of aromatic nitrogens is 1. The highest BCUT2D eigenvalue weighted by Crippen LogP contribution is 2.19. The monoisotopic (exact) mass is 274 g/mol. The second kappa shape index (κ2) is 6.14. The fourth-order valence-electron chi connectivity index (χ4n) is 1.82. The number of hydrogen-bond acceptors (Lipinski definition) is 4. The number of pyridine rings is 1. The van der Waals surface area contributed by atoms with Crippen molar-refractivity contribution in [2.24, 2.45) is 0 Å². The fraction of sp³-hybridized carbons (Fsp3) is 0.200. The summed E-state index contributed by atoms with van der Waals surface area (Å²) in [7, 11) is 1.34. The Hall–Kier alpha value is -2.43. The van der Waals surface area contributed by atoms with Gasteiger partial charge < -0.3 is 10.1 Å². The zero-order valence-electron chi connectivity index (χ0n) is 11.3. The number of rotatable bonds is 4. The molecule has 1 aromatic carbocycles. The summed E-state index contributed by atoms with van der Waals surface area (Å²) in [5.41, 5.74) is 2.06. The SMILES string of the molecule is COC(=O)c1ccc(NC(C)c2cncc(F)c2)cc1. The Morgan fingerprint density at radius 3 is 2.60 bits per heavy atom. The van der Waals surface area contributed by atoms with Crippen molar-refractivity contribution in [3.8, 4) is 0 Å². The normalized spacial score (nSPS) is 11.8. The quantitative estimate of drug-likeness (QED) is 0.870. The van der Waals surface area contributed by atoms with Gasteiger partial charge in [-0.05, 0) is 42.8 Å². The zero-order valence-corrected chi connectivity index (χ0v) is 11.3. The number of methoxy groups -OCH3 is 1. The standard InChI is InChI=1S/C15H15FN2O2/c1-10(12-7-13(16)9-17-8-12)18-14-5-3-11(4-6-14)15(19)20-2/h3-10,18H,1-2H3. The summed E-state index contributed by atoms with van der Waals surface area (Å²) in [5.74, 6) is -0.740. The first kappa shape index (κ1) is 14.0. The first-order chi connectivity index (χ1) is 9.60. The highest BCUT2D eigenvalue weighted by molar-refractivity contribution is 5.89. The van der Waals surface area contributed by atoms with E-state index in [1.165, 1.54) is 19.4 Å². The summed E-state index contributed by atoms with van der Waals surface area (Å²) in [4.78, 5) is 15.1. The topological polar surface area (TPSA) is 51.2 Å². The molecule has 4 nitrogen and oxygen atoms in total. The minimum absolute atomic E-state index is 0.0952.